The van der Waals surface area contributed by atoms with Gasteiger partial charge >= 0.3 is 6.36 Å². The molecule has 0 radical (unpaired) electrons. The van der Waals surface area contributed by atoms with Gasteiger partial charge in [-0.2, -0.15) is 0 Å². The lowest BCUT2D eigenvalue weighted by Gasteiger charge is -2.27. The number of aromatic nitrogens is 1. The van der Waals surface area contributed by atoms with Gasteiger partial charge in [-0.25, -0.2) is 5.84 Å². The van der Waals surface area contributed by atoms with Crippen LogP contribution >= 0.6 is 15.9 Å². The summed E-state index contributed by atoms with van der Waals surface area (Å²) in [5.41, 5.74) is 1.87. The average Bonchev–Trinajstić information content (AvgIpc) is 3.41. The van der Waals surface area contributed by atoms with Crippen LogP contribution in [-0.2, 0) is 17.7 Å². The van der Waals surface area contributed by atoms with Crippen LogP contribution in [0.5, 0.6) is 5.75 Å². The van der Waals surface area contributed by atoms with Crippen molar-refractivity contribution < 1.29 is 31.3 Å². The Labute approximate surface area is 170 Å². The van der Waals surface area contributed by atoms with Gasteiger partial charge in [-0.05, 0) is 64.4 Å². The molecule has 0 amide bonds. The van der Waals surface area contributed by atoms with E-state index < -0.39 is 17.6 Å². The molecular formula is C17H17BrF3N3O3S. The second-order valence-corrected chi connectivity index (χ2v) is 8.12. The standard InChI is InChI=1S/C17H17BrF3N3O3S/c18-14-4-1-11(9-16(14)27-17(19,20)21)5-8-24(28(25)26)15-10-23(22)7-6-13(15)12-2-3-12/h1,4,6-7,9-10,12H,2-3,5,8,22H2. The maximum atomic E-state index is 12.5. The molecule has 0 saturated heterocycles. The van der Waals surface area contributed by atoms with Gasteiger partial charge < -0.3 is 9.29 Å². The van der Waals surface area contributed by atoms with E-state index in [1.165, 1.54) is 27.3 Å². The maximum absolute atomic E-state index is 12.5. The van der Waals surface area contributed by atoms with Gasteiger partial charge in [-0.3, -0.25) is 8.51 Å². The van der Waals surface area contributed by atoms with Crippen LogP contribution in [0.15, 0.2) is 41.1 Å². The van der Waals surface area contributed by atoms with Gasteiger partial charge in [0.2, 0.25) is 6.20 Å². The third-order valence-electron chi connectivity index (χ3n) is 4.28. The Hall–Kier alpha value is -1.85. The summed E-state index contributed by atoms with van der Waals surface area (Å²) in [4.78, 5) is 0. The number of pyridine rings is 1. The normalized spacial score (nSPS) is 15.3. The minimum absolute atomic E-state index is 0.0485. The molecule has 1 fully saturated rings. The first-order valence-electron chi connectivity index (χ1n) is 8.35. The number of anilines is 1. The van der Waals surface area contributed by atoms with E-state index in [1.807, 2.05) is 0 Å². The van der Waals surface area contributed by atoms with Gasteiger partial charge in [0.25, 0.3) is 0 Å². The van der Waals surface area contributed by atoms with Crippen molar-refractivity contribution in [2.75, 3.05) is 16.7 Å². The second kappa shape index (κ2) is 8.26. The first-order chi connectivity index (χ1) is 13.1. The lowest BCUT2D eigenvalue weighted by atomic mass is 10.1. The van der Waals surface area contributed by atoms with Crippen molar-refractivity contribution >= 4 is 32.9 Å². The molecule has 28 heavy (non-hydrogen) atoms. The maximum Gasteiger partial charge on any atom is 0.573 e. The van der Waals surface area contributed by atoms with E-state index in [4.69, 9.17) is 5.84 Å². The highest BCUT2D eigenvalue weighted by Gasteiger charge is 2.32. The van der Waals surface area contributed by atoms with Crippen LogP contribution in [0.2, 0.25) is 0 Å². The fourth-order valence-corrected chi connectivity index (χ4v) is 3.75. The number of nitrogens with two attached hydrogens (primary N) is 1. The van der Waals surface area contributed by atoms with E-state index >= 15 is 0 Å². The summed E-state index contributed by atoms with van der Waals surface area (Å²) in [6, 6.07) is 6.07. The van der Waals surface area contributed by atoms with Crippen LogP contribution in [0.3, 0.4) is 0 Å². The van der Waals surface area contributed by atoms with Crippen molar-refractivity contribution in [1.29, 1.82) is 0 Å². The van der Waals surface area contributed by atoms with Crippen LogP contribution in [0.1, 0.15) is 29.9 Å². The van der Waals surface area contributed by atoms with E-state index in [2.05, 4.69) is 20.7 Å². The first kappa shape index (κ1) is 20.9. The van der Waals surface area contributed by atoms with E-state index in [-0.39, 0.29) is 23.2 Å². The third kappa shape index (κ3) is 5.36. The minimum Gasteiger partial charge on any atom is -0.755 e. The Morgan fingerprint density at radius 1 is 1.36 bits per heavy atom. The summed E-state index contributed by atoms with van der Waals surface area (Å²) in [6.45, 7) is 0.0485. The zero-order valence-electron chi connectivity index (χ0n) is 14.5. The molecule has 1 aromatic heterocycles. The summed E-state index contributed by atoms with van der Waals surface area (Å²) in [5.74, 6) is 5.67. The predicted octanol–water partition coefficient (Wildman–Crippen LogP) is 3.07. The number of benzene rings is 1. The van der Waals surface area contributed by atoms with E-state index in [0.29, 0.717) is 17.2 Å². The van der Waals surface area contributed by atoms with Crippen LogP contribution in [-0.4, -0.2) is 21.7 Å². The molecule has 152 valence electrons. The number of halogens is 4. The molecular weight excluding hydrogens is 463 g/mol. The lowest BCUT2D eigenvalue weighted by Crippen LogP contribution is -2.45. The van der Waals surface area contributed by atoms with Gasteiger partial charge in [0, 0.05) is 23.9 Å². The highest BCUT2D eigenvalue weighted by atomic mass is 79.9. The zero-order valence-corrected chi connectivity index (χ0v) is 16.9. The van der Waals surface area contributed by atoms with Crippen LogP contribution in [0.4, 0.5) is 18.9 Å². The van der Waals surface area contributed by atoms with Crippen LogP contribution in [0, 0.1) is 0 Å². The van der Waals surface area contributed by atoms with E-state index in [9.17, 15) is 21.9 Å². The van der Waals surface area contributed by atoms with Crippen LogP contribution in [0.25, 0.3) is 0 Å². The topological polar surface area (TPSA) is 82.5 Å². The molecule has 1 aromatic carbocycles. The molecule has 1 heterocycles. The summed E-state index contributed by atoms with van der Waals surface area (Å²) < 4.78 is 67.8. The van der Waals surface area contributed by atoms with Gasteiger partial charge in [0.05, 0.1) is 4.47 Å². The quantitative estimate of drug-likeness (QED) is 0.375. The Kier molecular flexibility index (Phi) is 6.15. The molecule has 1 unspecified atom stereocenters. The number of ether oxygens (including phenoxy) is 1. The molecule has 1 aliphatic rings. The highest BCUT2D eigenvalue weighted by Crippen LogP contribution is 2.44. The third-order valence-corrected chi connectivity index (χ3v) is 5.68. The van der Waals surface area contributed by atoms with Crippen molar-refractivity contribution in [3.8, 4) is 5.75 Å². The zero-order chi connectivity index (χ0) is 20.5. The van der Waals surface area contributed by atoms with Crippen LogP contribution < -0.4 is 19.6 Å². The molecule has 0 spiro atoms. The fraction of sp³-hybridized carbons (Fsp3) is 0.353. The molecule has 3 rings (SSSR count). The fourth-order valence-electron chi connectivity index (χ4n) is 2.87. The summed E-state index contributed by atoms with van der Waals surface area (Å²) in [6.07, 6.45) is 0.514. The van der Waals surface area contributed by atoms with E-state index in [1.54, 1.807) is 18.3 Å². The van der Waals surface area contributed by atoms with Crippen molar-refractivity contribution in [1.82, 2.24) is 0 Å². The number of rotatable bonds is 7. The average molecular weight is 480 g/mol. The largest absolute Gasteiger partial charge is 0.755 e. The summed E-state index contributed by atoms with van der Waals surface area (Å²) >= 11 is 0.446. The van der Waals surface area contributed by atoms with Gasteiger partial charge in [0.15, 0.2) is 6.20 Å². The second-order valence-electron chi connectivity index (χ2n) is 6.39. The molecule has 2 N–H and O–H groups in total. The molecule has 0 aliphatic heterocycles. The smallest absolute Gasteiger partial charge is 0.573 e. The van der Waals surface area contributed by atoms with E-state index in [0.717, 1.165) is 18.4 Å². The molecule has 11 heteroatoms. The number of hydrogen-bond donors (Lipinski definition) is 1. The number of nitrogen functional groups attached to an aromatic ring is 1. The first-order valence-corrected chi connectivity index (χ1v) is 10.2. The molecule has 1 aliphatic carbocycles. The number of hydrogen-bond acceptors (Lipinski definition) is 4. The van der Waals surface area contributed by atoms with Crippen molar-refractivity contribution in [3.05, 3.63) is 52.3 Å². The number of nitrogens with zero attached hydrogens (tertiary/aromatic N) is 2. The minimum atomic E-state index is -4.82. The van der Waals surface area contributed by atoms with Gasteiger partial charge in [0.1, 0.15) is 11.4 Å². The lowest BCUT2D eigenvalue weighted by molar-refractivity contribution is -0.638. The Balaban J connectivity index is 1.81. The molecule has 6 nitrogen and oxygen atoms in total. The SMILES string of the molecule is N[n+]1ccc(C2CC2)c(N(CCc2ccc(Br)c(OC(F)(F)F)c2)S(=O)[O-])c1. The Morgan fingerprint density at radius 3 is 2.68 bits per heavy atom. The molecule has 1 saturated carbocycles. The van der Waals surface area contributed by atoms with Gasteiger partial charge in [-0.1, -0.05) is 10.7 Å². The van der Waals surface area contributed by atoms with Crippen molar-refractivity contribution in [3.63, 3.8) is 0 Å². The molecule has 1 atom stereocenters. The molecule has 0 bridgehead atoms. The van der Waals surface area contributed by atoms with Crippen molar-refractivity contribution in [2.24, 2.45) is 0 Å². The monoisotopic (exact) mass is 479 g/mol. The van der Waals surface area contributed by atoms with Gasteiger partial charge in [-0.15, -0.1) is 13.2 Å². The highest BCUT2D eigenvalue weighted by molar-refractivity contribution is 9.10. The molecule has 2 aromatic rings. The predicted molar refractivity (Wildman–Crippen MR) is 99.6 cm³/mol. The Bertz CT molecular complexity index is 894. The van der Waals surface area contributed by atoms with Crippen molar-refractivity contribution in [2.45, 2.75) is 31.5 Å². The summed E-state index contributed by atoms with van der Waals surface area (Å²) in [7, 11) is 0. The summed E-state index contributed by atoms with van der Waals surface area (Å²) in [5, 5.41) is 0. The number of alkyl halides is 3. The Morgan fingerprint density at radius 2 is 2.07 bits per heavy atom.